The highest BCUT2D eigenvalue weighted by atomic mass is 35.5. The summed E-state index contributed by atoms with van der Waals surface area (Å²) in [5.74, 6) is -2.10. The summed E-state index contributed by atoms with van der Waals surface area (Å²) in [5, 5.41) is 20.0. The van der Waals surface area contributed by atoms with Gasteiger partial charge in [-0.2, -0.15) is 5.10 Å². The lowest BCUT2D eigenvalue weighted by atomic mass is 9.98. The number of aliphatic hydroxyl groups excluding tert-OH is 1. The van der Waals surface area contributed by atoms with Crippen molar-refractivity contribution in [3.63, 3.8) is 0 Å². The molecule has 1 unspecified atom stereocenters. The van der Waals surface area contributed by atoms with Crippen LogP contribution in [0.25, 0.3) is 11.1 Å². The molecule has 0 radical (unpaired) electrons. The number of nitrogens with zero attached hydrogens (tertiary/aromatic N) is 7. The number of rotatable bonds is 10. The Morgan fingerprint density at radius 3 is 2.32 bits per heavy atom. The number of alkyl halides is 3. The summed E-state index contributed by atoms with van der Waals surface area (Å²) in [4.78, 5) is 76.2. The van der Waals surface area contributed by atoms with Gasteiger partial charge in [0.15, 0.2) is 0 Å². The van der Waals surface area contributed by atoms with E-state index in [0.717, 1.165) is 55.2 Å². The Morgan fingerprint density at radius 2 is 1.62 bits per heavy atom. The van der Waals surface area contributed by atoms with Crippen LogP contribution in [0.3, 0.4) is 0 Å². The summed E-state index contributed by atoms with van der Waals surface area (Å²) in [6, 6.07) is 11.7. The summed E-state index contributed by atoms with van der Waals surface area (Å²) in [7, 11) is 0. The number of carbonyl (C=O) groups is 5. The fourth-order valence-corrected chi connectivity index (χ4v) is 8.76. The lowest BCUT2D eigenvalue weighted by Gasteiger charge is -2.48. The van der Waals surface area contributed by atoms with Crippen LogP contribution in [0.4, 0.5) is 26.0 Å². The molecule has 0 aliphatic carbocycles. The van der Waals surface area contributed by atoms with Crippen molar-refractivity contribution in [2.45, 2.75) is 61.9 Å². The summed E-state index contributed by atoms with van der Waals surface area (Å²) >= 11 is 4.85. The maximum atomic E-state index is 13.4. The molecule has 5 amide bonds. The van der Waals surface area contributed by atoms with Crippen LogP contribution in [0.2, 0.25) is 0 Å². The maximum Gasteiger partial charge on any atom is 0.487 e. The molecule has 5 aliphatic heterocycles. The van der Waals surface area contributed by atoms with E-state index in [1.54, 1.807) is 24.4 Å². The predicted octanol–water partition coefficient (Wildman–Crippen LogP) is 3.86. The molecule has 0 saturated carbocycles. The summed E-state index contributed by atoms with van der Waals surface area (Å²) in [6.07, 6.45) is 7.18. The molecular weight excluding hydrogens is 804 g/mol. The van der Waals surface area contributed by atoms with Crippen LogP contribution in [0.15, 0.2) is 67.1 Å². The van der Waals surface area contributed by atoms with E-state index >= 15 is 0 Å². The number of hydrogen-bond donors (Lipinski definition) is 3. The second-order valence-corrected chi connectivity index (χ2v) is 16.2. The normalized spacial score (nSPS) is 21.6. The van der Waals surface area contributed by atoms with Crippen LogP contribution in [0.5, 0.6) is 5.75 Å². The largest absolute Gasteiger partial charge is 0.487 e. The Bertz CT molecular complexity index is 2380. The van der Waals surface area contributed by atoms with Crippen LogP contribution >= 0.6 is 11.6 Å². The first kappa shape index (κ1) is 39.5. The fraction of sp³-hybridized carbons (Fsp3) is 0.390. The van der Waals surface area contributed by atoms with Crippen molar-refractivity contribution < 1.29 is 42.6 Å². The van der Waals surface area contributed by atoms with Crippen molar-refractivity contribution in [2.24, 2.45) is 0 Å². The zero-order valence-corrected chi connectivity index (χ0v) is 32.9. The predicted molar refractivity (Wildman–Crippen MR) is 213 cm³/mol. The van der Waals surface area contributed by atoms with Crippen molar-refractivity contribution >= 4 is 58.3 Å². The van der Waals surface area contributed by atoms with Crippen LogP contribution in [0, 0.1) is 0 Å². The number of fused-ring (bicyclic) bond motifs is 1. The van der Waals surface area contributed by atoms with Crippen LogP contribution < -0.4 is 25.2 Å². The molecule has 0 spiro atoms. The molecule has 0 bridgehead atoms. The Labute approximate surface area is 347 Å². The number of hydrogen-bond acceptors (Lipinski definition) is 12. The molecule has 4 saturated heterocycles. The van der Waals surface area contributed by atoms with Crippen molar-refractivity contribution in [1.82, 2.24) is 29.9 Å². The maximum absolute atomic E-state index is 13.4. The quantitative estimate of drug-likeness (QED) is 0.155. The van der Waals surface area contributed by atoms with Gasteiger partial charge in [0, 0.05) is 98.2 Å². The van der Waals surface area contributed by atoms with Crippen molar-refractivity contribution in [1.29, 1.82) is 0 Å². The minimum Gasteiger partial charge on any atom is -0.420 e. The van der Waals surface area contributed by atoms with E-state index in [0.29, 0.717) is 42.6 Å². The second-order valence-electron chi connectivity index (χ2n) is 15.7. The first-order chi connectivity index (χ1) is 28.8. The Morgan fingerprint density at radius 1 is 0.867 bits per heavy atom. The van der Waals surface area contributed by atoms with Crippen molar-refractivity contribution in [2.75, 3.05) is 54.4 Å². The average molecular weight is 844 g/mol. The Balaban J connectivity index is 0.828. The van der Waals surface area contributed by atoms with Gasteiger partial charge in [-0.3, -0.25) is 43.8 Å². The third kappa shape index (κ3) is 7.77. The van der Waals surface area contributed by atoms with Gasteiger partial charge in [-0.15, -0.1) is 8.78 Å². The number of ether oxygens (including phenoxy) is 1. The number of carbonyl (C=O) groups excluding carboxylic acids is 5. The van der Waals surface area contributed by atoms with Gasteiger partial charge in [0.25, 0.3) is 17.7 Å². The van der Waals surface area contributed by atoms with Crippen LogP contribution in [-0.4, -0.2) is 122 Å². The highest BCUT2D eigenvalue weighted by Crippen LogP contribution is 2.36. The number of nitrogens with one attached hydrogen (secondary N) is 2. The zero-order valence-electron chi connectivity index (χ0n) is 32.1. The number of benzene rings is 2. The number of anilines is 3. The number of β-amino-alcohol motifs (C(OH)–C–C–N with tert-alkyl or cyclic N) is 1. The fourth-order valence-electron chi connectivity index (χ4n) is 8.67. The molecule has 19 heteroatoms. The summed E-state index contributed by atoms with van der Waals surface area (Å²) in [6.45, 7) is 4.22. The molecule has 2 atom stereocenters. The first-order valence-corrected chi connectivity index (χ1v) is 20.1. The first-order valence-electron chi connectivity index (χ1n) is 19.8. The summed E-state index contributed by atoms with van der Waals surface area (Å²) in [5.41, 5.74) is -0.438. The minimum atomic E-state index is -3.86. The van der Waals surface area contributed by atoms with Crippen LogP contribution in [-0.2, 0) is 9.59 Å². The monoisotopic (exact) mass is 843 g/mol. The average Bonchev–Trinajstić information content (AvgIpc) is 3.93. The Kier molecular flexibility index (Phi) is 10.2. The molecule has 5 aliphatic rings. The van der Waals surface area contributed by atoms with E-state index in [9.17, 15) is 37.9 Å². The number of aliphatic hydroxyl groups is 1. The van der Waals surface area contributed by atoms with E-state index in [1.165, 1.54) is 30.5 Å². The van der Waals surface area contributed by atoms with E-state index in [1.807, 2.05) is 21.8 Å². The van der Waals surface area contributed by atoms with Gasteiger partial charge in [0.05, 0.1) is 35.0 Å². The molecule has 3 N–H and O–H groups in total. The molecule has 4 fully saturated rings. The molecule has 2 aromatic heterocycles. The molecule has 16 nitrogen and oxygen atoms in total. The number of pyridine rings is 1. The standard InChI is InChI=1S/C41H40ClF2N9O7/c42-41(43,44)60-30-4-1-25(2-5-30)47-37(56)23-15-32(36(45-17-23)50-14-11-29(54)22-50)24-18-46-52(19-24)26-9-12-49(13-10-26)28-20-51(21-28)27-3-6-31-33(16-27)40(59)53(39(31)58)34-7-8-35(55)48-38(34)57/h1-6,15-19,26,28-29,34,54H,7-14,20-22H2,(H,47,56)(H,48,55,57)/t29-,34?/m1/s1. The number of imide groups is 2. The van der Waals surface area contributed by atoms with Gasteiger partial charge in [0.2, 0.25) is 11.8 Å². The highest BCUT2D eigenvalue weighted by Gasteiger charge is 2.45. The number of likely N-dealkylation sites (tertiary alicyclic amines) is 1. The minimum absolute atomic E-state index is 0.0641. The molecule has 9 rings (SSSR count). The SMILES string of the molecule is O=C1CCC(N2C(=O)c3ccc(N4CC(N5CCC(n6cc(-c7cc(C(=O)Nc8ccc(OC(F)(F)Cl)cc8)cnc7N7CC[C@@H](O)C7)cn6)CC5)C4)cc3C2=O)C(=O)N1. The van der Waals surface area contributed by atoms with Gasteiger partial charge in [-0.05, 0) is 74.2 Å². The van der Waals surface area contributed by atoms with E-state index < -0.39 is 47.2 Å². The topological polar surface area (TPSA) is 183 Å². The van der Waals surface area contributed by atoms with Crippen LogP contribution in [0.1, 0.15) is 69.2 Å². The van der Waals surface area contributed by atoms with Crippen molar-refractivity contribution in [3.8, 4) is 16.9 Å². The molecular formula is C41H40ClF2N9O7. The van der Waals surface area contributed by atoms with Crippen molar-refractivity contribution in [3.05, 3.63) is 83.8 Å². The number of amides is 5. The van der Waals surface area contributed by atoms with E-state index in [-0.39, 0.29) is 41.3 Å². The second kappa shape index (κ2) is 15.6. The molecule has 2 aromatic carbocycles. The number of aromatic nitrogens is 3. The molecule has 7 heterocycles. The van der Waals surface area contributed by atoms with E-state index in [4.69, 9.17) is 16.7 Å². The van der Waals surface area contributed by atoms with Gasteiger partial charge in [-0.25, -0.2) is 4.98 Å². The summed E-state index contributed by atoms with van der Waals surface area (Å²) < 4.78 is 32.4. The highest BCUT2D eigenvalue weighted by molar-refractivity contribution is 6.24. The molecule has 60 heavy (non-hydrogen) atoms. The van der Waals surface area contributed by atoms with Gasteiger partial charge >= 0.3 is 5.57 Å². The number of halogens is 3. The third-order valence-corrected chi connectivity index (χ3v) is 12.0. The molecule has 4 aromatic rings. The third-order valence-electron chi connectivity index (χ3n) is 11.9. The Hall–Kier alpha value is -5.98. The molecule has 312 valence electrons. The zero-order chi connectivity index (χ0) is 41.9. The lowest BCUT2D eigenvalue weighted by Crippen LogP contribution is -2.61. The van der Waals surface area contributed by atoms with Gasteiger partial charge in [0.1, 0.15) is 17.6 Å². The lowest BCUT2D eigenvalue weighted by molar-refractivity contribution is -0.136. The van der Waals surface area contributed by atoms with E-state index in [2.05, 4.69) is 30.2 Å². The smallest absolute Gasteiger partial charge is 0.420 e. The number of piperidine rings is 2. The van der Waals surface area contributed by atoms with Gasteiger partial charge in [-0.1, -0.05) is 0 Å². The van der Waals surface area contributed by atoms with Gasteiger partial charge < -0.3 is 25.0 Å².